The molecular formula is C12H16FNO2. The van der Waals surface area contributed by atoms with Crippen molar-refractivity contribution in [3.05, 3.63) is 29.6 Å². The molecule has 1 aromatic rings. The number of hydrogen-bond acceptors (Lipinski definition) is 2. The Bertz CT molecular complexity index is 402. The van der Waals surface area contributed by atoms with Gasteiger partial charge in [0.05, 0.1) is 5.41 Å². The van der Waals surface area contributed by atoms with Gasteiger partial charge in [-0.05, 0) is 38.5 Å². The molecule has 0 aliphatic rings. The van der Waals surface area contributed by atoms with Crippen molar-refractivity contribution in [2.45, 2.75) is 20.8 Å². The number of carboxylic acids is 1. The Hall–Kier alpha value is -1.58. The fraction of sp³-hybridized carbons (Fsp3) is 0.417. The fourth-order valence-electron chi connectivity index (χ4n) is 1.18. The molecule has 0 aliphatic heterocycles. The highest BCUT2D eigenvalue weighted by Crippen LogP contribution is 2.20. The van der Waals surface area contributed by atoms with Crippen LogP contribution >= 0.6 is 0 Å². The average molecular weight is 225 g/mol. The Balaban J connectivity index is 2.75. The first-order valence-corrected chi connectivity index (χ1v) is 5.06. The van der Waals surface area contributed by atoms with Crippen molar-refractivity contribution in [2.24, 2.45) is 5.41 Å². The Kier molecular flexibility index (Phi) is 3.52. The van der Waals surface area contributed by atoms with E-state index in [0.717, 1.165) is 5.56 Å². The van der Waals surface area contributed by atoms with Gasteiger partial charge in [-0.2, -0.15) is 0 Å². The molecule has 0 unspecified atom stereocenters. The van der Waals surface area contributed by atoms with Crippen LogP contribution in [0.5, 0.6) is 0 Å². The molecule has 0 aliphatic carbocycles. The van der Waals surface area contributed by atoms with E-state index in [0.29, 0.717) is 5.69 Å². The maximum absolute atomic E-state index is 13.0. The van der Waals surface area contributed by atoms with Gasteiger partial charge in [-0.25, -0.2) is 4.39 Å². The molecule has 1 aromatic carbocycles. The topological polar surface area (TPSA) is 49.3 Å². The van der Waals surface area contributed by atoms with Crippen LogP contribution in [0.3, 0.4) is 0 Å². The van der Waals surface area contributed by atoms with Crippen LogP contribution in [0.2, 0.25) is 0 Å². The third kappa shape index (κ3) is 2.95. The summed E-state index contributed by atoms with van der Waals surface area (Å²) in [6, 6.07) is 4.40. The summed E-state index contributed by atoms with van der Waals surface area (Å²) in [5.74, 6) is -1.21. The van der Waals surface area contributed by atoms with Crippen LogP contribution < -0.4 is 5.32 Å². The normalized spacial score (nSPS) is 11.2. The number of rotatable bonds is 4. The minimum absolute atomic E-state index is 0.257. The number of anilines is 1. The summed E-state index contributed by atoms with van der Waals surface area (Å²) >= 11 is 0. The van der Waals surface area contributed by atoms with Crippen molar-refractivity contribution in [1.29, 1.82) is 0 Å². The summed E-state index contributed by atoms with van der Waals surface area (Å²) in [5.41, 5.74) is 0.649. The van der Waals surface area contributed by atoms with Crippen molar-refractivity contribution in [2.75, 3.05) is 11.9 Å². The van der Waals surface area contributed by atoms with Crippen molar-refractivity contribution in [1.82, 2.24) is 0 Å². The zero-order valence-electron chi connectivity index (χ0n) is 9.67. The van der Waals surface area contributed by atoms with Crippen LogP contribution in [0.4, 0.5) is 10.1 Å². The quantitative estimate of drug-likeness (QED) is 0.828. The zero-order chi connectivity index (χ0) is 12.3. The molecule has 0 aromatic heterocycles. The van der Waals surface area contributed by atoms with E-state index in [4.69, 9.17) is 5.11 Å². The largest absolute Gasteiger partial charge is 0.481 e. The number of aliphatic carboxylic acids is 1. The molecule has 4 heteroatoms. The molecule has 0 radical (unpaired) electrons. The Labute approximate surface area is 94.3 Å². The summed E-state index contributed by atoms with van der Waals surface area (Å²) in [7, 11) is 0. The van der Waals surface area contributed by atoms with Crippen LogP contribution in [0.15, 0.2) is 18.2 Å². The monoisotopic (exact) mass is 225 g/mol. The first-order chi connectivity index (χ1) is 7.33. The smallest absolute Gasteiger partial charge is 0.310 e. The zero-order valence-corrected chi connectivity index (χ0v) is 9.67. The first-order valence-electron chi connectivity index (χ1n) is 5.06. The molecule has 2 N–H and O–H groups in total. The summed E-state index contributed by atoms with van der Waals surface area (Å²) in [6.45, 7) is 5.34. The van der Waals surface area contributed by atoms with Gasteiger partial charge in [-0.15, -0.1) is 0 Å². The van der Waals surface area contributed by atoms with E-state index in [-0.39, 0.29) is 12.4 Å². The predicted octanol–water partition coefficient (Wildman–Crippen LogP) is 2.66. The van der Waals surface area contributed by atoms with Gasteiger partial charge in [0.2, 0.25) is 0 Å². The number of carboxylic acid groups (broad SMARTS) is 1. The van der Waals surface area contributed by atoms with Crippen LogP contribution in [0.1, 0.15) is 19.4 Å². The molecule has 0 bridgehead atoms. The van der Waals surface area contributed by atoms with E-state index in [1.54, 1.807) is 19.9 Å². The number of halogens is 1. The van der Waals surface area contributed by atoms with Crippen LogP contribution in [-0.2, 0) is 4.79 Å². The highest BCUT2D eigenvalue weighted by Gasteiger charge is 2.26. The Morgan fingerprint density at radius 1 is 1.50 bits per heavy atom. The second-order valence-corrected chi connectivity index (χ2v) is 4.50. The van der Waals surface area contributed by atoms with Crippen molar-refractivity contribution in [3.63, 3.8) is 0 Å². The third-order valence-electron chi connectivity index (χ3n) is 2.50. The van der Waals surface area contributed by atoms with E-state index < -0.39 is 11.4 Å². The molecule has 1 rings (SSSR count). The molecule has 0 saturated carbocycles. The molecule has 3 nitrogen and oxygen atoms in total. The van der Waals surface area contributed by atoms with Crippen molar-refractivity contribution >= 4 is 11.7 Å². The summed E-state index contributed by atoms with van der Waals surface area (Å²) in [4.78, 5) is 10.9. The molecule has 0 saturated heterocycles. The highest BCUT2D eigenvalue weighted by atomic mass is 19.1. The van der Waals surface area contributed by atoms with Gasteiger partial charge in [-0.1, -0.05) is 6.07 Å². The highest BCUT2D eigenvalue weighted by molar-refractivity contribution is 5.74. The lowest BCUT2D eigenvalue weighted by Crippen LogP contribution is -2.31. The molecule has 0 heterocycles. The predicted molar refractivity (Wildman–Crippen MR) is 61.0 cm³/mol. The molecule has 0 amide bonds. The van der Waals surface area contributed by atoms with Crippen molar-refractivity contribution in [3.8, 4) is 0 Å². The SMILES string of the molecule is Cc1ccc(F)cc1NCC(C)(C)C(=O)O. The van der Waals surface area contributed by atoms with E-state index in [9.17, 15) is 9.18 Å². The molecule has 0 fully saturated rings. The molecule has 88 valence electrons. The molecule has 16 heavy (non-hydrogen) atoms. The van der Waals surface area contributed by atoms with E-state index in [1.807, 2.05) is 6.92 Å². The van der Waals surface area contributed by atoms with E-state index in [2.05, 4.69) is 5.32 Å². The third-order valence-corrected chi connectivity index (χ3v) is 2.50. The standard InChI is InChI=1S/C12H16FNO2/c1-8-4-5-9(13)6-10(8)14-7-12(2,3)11(15)16/h4-6,14H,7H2,1-3H3,(H,15,16). The summed E-state index contributed by atoms with van der Waals surface area (Å²) in [6.07, 6.45) is 0. The van der Waals surface area contributed by atoms with Gasteiger partial charge in [0.1, 0.15) is 5.82 Å². The molecule has 0 spiro atoms. The maximum Gasteiger partial charge on any atom is 0.310 e. The number of aryl methyl sites for hydroxylation is 1. The molecular weight excluding hydrogens is 209 g/mol. The van der Waals surface area contributed by atoms with Crippen LogP contribution in [-0.4, -0.2) is 17.6 Å². The minimum Gasteiger partial charge on any atom is -0.481 e. The number of benzene rings is 1. The average Bonchev–Trinajstić information content (AvgIpc) is 2.19. The van der Waals surface area contributed by atoms with Gasteiger partial charge in [0.15, 0.2) is 0 Å². The van der Waals surface area contributed by atoms with Crippen LogP contribution in [0, 0.1) is 18.2 Å². The number of hydrogen-bond donors (Lipinski definition) is 2. The van der Waals surface area contributed by atoms with Gasteiger partial charge >= 0.3 is 5.97 Å². The molecule has 0 atom stereocenters. The van der Waals surface area contributed by atoms with Gasteiger partial charge in [0.25, 0.3) is 0 Å². The van der Waals surface area contributed by atoms with Crippen LogP contribution in [0.25, 0.3) is 0 Å². The lowest BCUT2D eigenvalue weighted by atomic mass is 9.93. The van der Waals surface area contributed by atoms with Gasteiger partial charge in [-0.3, -0.25) is 4.79 Å². The first kappa shape index (κ1) is 12.5. The van der Waals surface area contributed by atoms with Crippen molar-refractivity contribution < 1.29 is 14.3 Å². The van der Waals surface area contributed by atoms with E-state index >= 15 is 0 Å². The Morgan fingerprint density at radius 3 is 2.69 bits per heavy atom. The van der Waals surface area contributed by atoms with Gasteiger partial charge in [0, 0.05) is 12.2 Å². The second-order valence-electron chi connectivity index (χ2n) is 4.50. The number of carbonyl (C=O) groups is 1. The summed E-state index contributed by atoms with van der Waals surface area (Å²) < 4.78 is 13.0. The van der Waals surface area contributed by atoms with E-state index in [1.165, 1.54) is 12.1 Å². The summed E-state index contributed by atoms with van der Waals surface area (Å²) in [5, 5.41) is 11.9. The number of nitrogens with one attached hydrogen (secondary N) is 1. The lowest BCUT2D eigenvalue weighted by molar-refractivity contribution is -0.146. The van der Waals surface area contributed by atoms with Gasteiger partial charge < -0.3 is 10.4 Å². The fourth-order valence-corrected chi connectivity index (χ4v) is 1.18. The Morgan fingerprint density at radius 2 is 2.12 bits per heavy atom. The lowest BCUT2D eigenvalue weighted by Gasteiger charge is -2.21. The maximum atomic E-state index is 13.0. The second kappa shape index (κ2) is 4.51. The minimum atomic E-state index is -0.881.